The van der Waals surface area contributed by atoms with Gasteiger partial charge in [-0.3, -0.25) is 4.79 Å². The number of rotatable bonds is 11. The lowest BCUT2D eigenvalue weighted by Gasteiger charge is -2.22. The van der Waals surface area contributed by atoms with Gasteiger partial charge >= 0.3 is 5.97 Å². The van der Waals surface area contributed by atoms with Gasteiger partial charge in [0.25, 0.3) is 0 Å². The highest BCUT2D eigenvalue weighted by Crippen LogP contribution is 2.29. The Bertz CT molecular complexity index is 444. The molecule has 0 bridgehead atoms. The van der Waals surface area contributed by atoms with Gasteiger partial charge in [-0.1, -0.05) is 57.6 Å². The van der Waals surface area contributed by atoms with E-state index < -0.39 is 10.8 Å². The van der Waals surface area contributed by atoms with E-state index in [4.69, 9.17) is 16.3 Å². The summed E-state index contributed by atoms with van der Waals surface area (Å²) in [4.78, 5) is 10.3. The van der Waals surface area contributed by atoms with Crippen LogP contribution < -0.4 is 4.74 Å². The summed E-state index contributed by atoms with van der Waals surface area (Å²) >= 11 is 6.39. The van der Waals surface area contributed by atoms with Gasteiger partial charge in [0.05, 0.1) is 7.11 Å². The van der Waals surface area contributed by atoms with Crippen molar-refractivity contribution in [2.75, 3.05) is 7.11 Å². The summed E-state index contributed by atoms with van der Waals surface area (Å²) in [5.41, 5.74) is 0.921. The zero-order valence-electron chi connectivity index (χ0n) is 13.6. The molecule has 0 radical (unpaired) electrons. The Labute approximate surface area is 138 Å². The lowest BCUT2D eigenvalue weighted by molar-refractivity contribution is -0.140. The third-order valence-corrected chi connectivity index (χ3v) is 4.44. The third-order valence-electron chi connectivity index (χ3n) is 3.95. The summed E-state index contributed by atoms with van der Waals surface area (Å²) in [5.74, 6) is -0.172. The van der Waals surface area contributed by atoms with Crippen LogP contribution >= 0.6 is 11.6 Å². The van der Waals surface area contributed by atoms with Gasteiger partial charge < -0.3 is 9.84 Å². The molecule has 124 valence electrons. The second-order valence-corrected chi connectivity index (χ2v) is 6.54. The molecule has 0 heterocycles. The first-order valence-corrected chi connectivity index (χ1v) is 8.45. The van der Waals surface area contributed by atoms with Gasteiger partial charge in [-0.25, -0.2) is 0 Å². The van der Waals surface area contributed by atoms with Crippen LogP contribution in [0.15, 0.2) is 24.3 Å². The predicted molar refractivity (Wildman–Crippen MR) is 90.9 cm³/mol. The maximum Gasteiger partial charge on any atom is 0.325 e. The number of ether oxygens (including phenoxy) is 1. The topological polar surface area (TPSA) is 46.5 Å². The molecule has 3 nitrogen and oxygen atoms in total. The lowest BCUT2D eigenvalue weighted by Crippen LogP contribution is -2.34. The largest absolute Gasteiger partial charge is 0.497 e. The Hall–Kier alpha value is -1.22. The minimum atomic E-state index is -1.21. The molecule has 0 aliphatic rings. The summed E-state index contributed by atoms with van der Waals surface area (Å²) in [5, 5.41) is 9.48. The number of unbranched alkanes of at least 4 members (excludes halogenated alkanes) is 5. The Balaban J connectivity index is 2.52. The van der Waals surface area contributed by atoms with Crippen molar-refractivity contribution in [3.8, 4) is 5.75 Å². The van der Waals surface area contributed by atoms with Crippen molar-refractivity contribution < 1.29 is 14.6 Å². The molecular weight excluding hydrogens is 300 g/mol. The molecule has 0 aromatic heterocycles. The second kappa shape index (κ2) is 9.73. The first-order valence-electron chi connectivity index (χ1n) is 8.07. The summed E-state index contributed by atoms with van der Waals surface area (Å²) in [6.07, 6.45) is 7.58. The fourth-order valence-electron chi connectivity index (χ4n) is 2.52. The highest BCUT2D eigenvalue weighted by Gasteiger charge is 2.35. The molecule has 0 fully saturated rings. The minimum Gasteiger partial charge on any atom is -0.497 e. The fourth-order valence-corrected chi connectivity index (χ4v) is 2.81. The molecule has 0 aliphatic carbocycles. The average molecular weight is 327 g/mol. The third kappa shape index (κ3) is 6.27. The molecule has 1 atom stereocenters. The predicted octanol–water partition coefficient (Wildman–Crippen LogP) is 5.05. The molecule has 0 aliphatic heterocycles. The van der Waals surface area contributed by atoms with Crippen molar-refractivity contribution in [1.29, 1.82) is 0 Å². The standard InChI is InChI=1S/C18H27ClO3/c1-3-4-5-6-7-8-13-18(19,17(20)21)14-15-9-11-16(22-2)12-10-15/h9-12H,3-8,13-14H2,1-2H3,(H,20,21). The minimum absolute atomic E-state index is 0.336. The van der Waals surface area contributed by atoms with E-state index in [0.717, 1.165) is 30.6 Å². The highest BCUT2D eigenvalue weighted by atomic mass is 35.5. The number of hydrogen-bond acceptors (Lipinski definition) is 2. The van der Waals surface area contributed by atoms with Crippen LogP contribution in [0.3, 0.4) is 0 Å². The van der Waals surface area contributed by atoms with Gasteiger partial charge in [-0.2, -0.15) is 0 Å². The molecule has 1 N–H and O–H groups in total. The number of carbonyl (C=O) groups is 1. The molecule has 1 rings (SSSR count). The Morgan fingerprint density at radius 3 is 2.27 bits per heavy atom. The normalized spacial score (nSPS) is 13.6. The van der Waals surface area contributed by atoms with Crippen LogP contribution in [0, 0.1) is 0 Å². The summed E-state index contributed by atoms with van der Waals surface area (Å²) < 4.78 is 5.11. The Kier molecular flexibility index (Phi) is 8.32. The van der Waals surface area contributed by atoms with Crippen molar-refractivity contribution in [2.24, 2.45) is 0 Å². The van der Waals surface area contributed by atoms with Gasteiger partial charge in [0.15, 0.2) is 0 Å². The maximum absolute atomic E-state index is 11.6. The summed E-state index contributed by atoms with van der Waals surface area (Å²) in [6, 6.07) is 7.42. The van der Waals surface area contributed by atoms with Crippen molar-refractivity contribution in [3.05, 3.63) is 29.8 Å². The molecule has 4 heteroatoms. The van der Waals surface area contributed by atoms with Crippen LogP contribution in [-0.2, 0) is 11.2 Å². The first kappa shape index (κ1) is 18.8. The van der Waals surface area contributed by atoms with Crippen LogP contribution in [0.1, 0.15) is 57.4 Å². The summed E-state index contributed by atoms with van der Waals surface area (Å²) in [6.45, 7) is 2.18. The van der Waals surface area contributed by atoms with Gasteiger partial charge in [-0.05, 0) is 24.1 Å². The molecule has 0 saturated heterocycles. The smallest absolute Gasteiger partial charge is 0.325 e. The number of carboxylic acid groups (broad SMARTS) is 1. The van der Waals surface area contributed by atoms with E-state index in [0.29, 0.717) is 12.8 Å². The molecule has 0 spiro atoms. The number of alkyl halides is 1. The zero-order chi connectivity index (χ0) is 16.4. The molecule has 22 heavy (non-hydrogen) atoms. The number of methoxy groups -OCH3 is 1. The van der Waals surface area contributed by atoms with E-state index in [1.807, 2.05) is 24.3 Å². The quantitative estimate of drug-likeness (QED) is 0.457. The zero-order valence-corrected chi connectivity index (χ0v) is 14.4. The van der Waals surface area contributed by atoms with Crippen molar-refractivity contribution in [2.45, 2.75) is 63.2 Å². The van der Waals surface area contributed by atoms with Crippen LogP contribution in [0.5, 0.6) is 5.75 Å². The van der Waals surface area contributed by atoms with E-state index in [9.17, 15) is 9.90 Å². The number of benzene rings is 1. The van der Waals surface area contributed by atoms with Crippen LogP contribution in [0.2, 0.25) is 0 Å². The molecule has 0 saturated carbocycles. The van der Waals surface area contributed by atoms with E-state index in [2.05, 4.69) is 6.92 Å². The molecular formula is C18H27ClO3. The van der Waals surface area contributed by atoms with E-state index in [-0.39, 0.29) is 0 Å². The highest BCUT2D eigenvalue weighted by molar-refractivity contribution is 6.33. The first-order chi connectivity index (χ1) is 10.5. The fraction of sp³-hybridized carbons (Fsp3) is 0.611. The van der Waals surface area contributed by atoms with Gasteiger partial charge in [0, 0.05) is 6.42 Å². The van der Waals surface area contributed by atoms with E-state index in [1.54, 1.807) is 7.11 Å². The SMILES string of the molecule is CCCCCCCCC(Cl)(Cc1ccc(OC)cc1)C(=O)O. The van der Waals surface area contributed by atoms with Crippen molar-refractivity contribution in [1.82, 2.24) is 0 Å². The number of halogens is 1. The van der Waals surface area contributed by atoms with E-state index in [1.165, 1.54) is 19.3 Å². The van der Waals surface area contributed by atoms with Crippen LogP contribution in [0.4, 0.5) is 0 Å². The van der Waals surface area contributed by atoms with Gasteiger partial charge in [0.1, 0.15) is 10.6 Å². The Morgan fingerprint density at radius 1 is 1.14 bits per heavy atom. The molecule has 1 unspecified atom stereocenters. The molecule has 0 amide bonds. The lowest BCUT2D eigenvalue weighted by atomic mass is 9.92. The molecule has 1 aromatic rings. The number of hydrogen-bond donors (Lipinski definition) is 1. The van der Waals surface area contributed by atoms with Gasteiger partial charge in [0.2, 0.25) is 0 Å². The second-order valence-electron chi connectivity index (χ2n) is 5.81. The molecule has 1 aromatic carbocycles. The van der Waals surface area contributed by atoms with Crippen molar-refractivity contribution >= 4 is 17.6 Å². The van der Waals surface area contributed by atoms with Crippen LogP contribution in [0.25, 0.3) is 0 Å². The van der Waals surface area contributed by atoms with E-state index >= 15 is 0 Å². The monoisotopic (exact) mass is 326 g/mol. The average Bonchev–Trinajstić information content (AvgIpc) is 2.51. The number of carboxylic acids is 1. The van der Waals surface area contributed by atoms with Crippen LogP contribution in [-0.4, -0.2) is 23.1 Å². The van der Waals surface area contributed by atoms with Gasteiger partial charge in [-0.15, -0.1) is 11.6 Å². The maximum atomic E-state index is 11.6. The summed E-state index contributed by atoms with van der Waals surface area (Å²) in [7, 11) is 1.61. The van der Waals surface area contributed by atoms with Crippen molar-refractivity contribution in [3.63, 3.8) is 0 Å². The number of aliphatic carboxylic acids is 1. The Morgan fingerprint density at radius 2 is 1.73 bits per heavy atom.